The fourth-order valence-corrected chi connectivity index (χ4v) is 3.84. The van der Waals surface area contributed by atoms with Crippen molar-refractivity contribution in [2.75, 3.05) is 13.1 Å². The van der Waals surface area contributed by atoms with Crippen LogP contribution in [-0.4, -0.2) is 34.0 Å². The Labute approximate surface area is 156 Å². The molecule has 3 rings (SSSR count). The van der Waals surface area contributed by atoms with E-state index in [1.165, 1.54) is 23.3 Å². The number of nitrogens with zero attached hydrogens (tertiary/aromatic N) is 3. The van der Waals surface area contributed by atoms with Crippen LogP contribution in [0.5, 0.6) is 0 Å². The van der Waals surface area contributed by atoms with Crippen LogP contribution < -0.4 is 0 Å². The maximum Gasteiger partial charge on any atom is 0.269 e. The molecule has 2 aromatic carbocycles. The van der Waals surface area contributed by atoms with E-state index in [2.05, 4.69) is 24.0 Å². The highest BCUT2D eigenvalue weighted by molar-refractivity contribution is 8.13. The number of thioether (sulfide) groups is 1. The van der Waals surface area contributed by atoms with E-state index >= 15 is 0 Å². The van der Waals surface area contributed by atoms with Crippen molar-refractivity contribution < 1.29 is 9.72 Å². The summed E-state index contributed by atoms with van der Waals surface area (Å²) < 4.78 is 0. The minimum absolute atomic E-state index is 0.0263. The van der Waals surface area contributed by atoms with E-state index in [0.29, 0.717) is 13.1 Å². The van der Waals surface area contributed by atoms with Crippen LogP contribution in [0, 0.1) is 17.0 Å². The van der Waals surface area contributed by atoms with Gasteiger partial charge < -0.3 is 0 Å². The highest BCUT2D eigenvalue weighted by Gasteiger charge is 2.24. The Morgan fingerprint density at radius 3 is 2.65 bits per heavy atom. The predicted octanol–water partition coefficient (Wildman–Crippen LogP) is 3.58. The molecule has 0 saturated heterocycles. The molecule has 0 aliphatic carbocycles. The first kappa shape index (κ1) is 18.1. The highest BCUT2D eigenvalue weighted by atomic mass is 32.2. The number of hydrogen-bond donors (Lipinski definition) is 0. The van der Waals surface area contributed by atoms with E-state index in [-0.39, 0.29) is 18.0 Å². The van der Waals surface area contributed by atoms with Gasteiger partial charge in [0, 0.05) is 24.4 Å². The molecule has 134 valence electrons. The van der Waals surface area contributed by atoms with Crippen molar-refractivity contribution >= 4 is 28.5 Å². The normalized spacial score (nSPS) is 13.6. The average molecular weight is 369 g/mol. The van der Waals surface area contributed by atoms with Gasteiger partial charge in [-0.05, 0) is 23.6 Å². The third-order valence-corrected chi connectivity index (χ3v) is 5.29. The fraction of sp³-hybridized carbons (Fsp3) is 0.263. The van der Waals surface area contributed by atoms with Gasteiger partial charge in [-0.15, -0.1) is 0 Å². The second-order valence-electron chi connectivity index (χ2n) is 6.03. The van der Waals surface area contributed by atoms with E-state index in [4.69, 9.17) is 0 Å². The van der Waals surface area contributed by atoms with Gasteiger partial charge in [0.05, 0.1) is 17.9 Å². The lowest BCUT2D eigenvalue weighted by Gasteiger charge is -2.18. The highest BCUT2D eigenvalue weighted by Crippen LogP contribution is 2.22. The third-order valence-electron chi connectivity index (χ3n) is 4.22. The van der Waals surface area contributed by atoms with Gasteiger partial charge in [-0.1, -0.05) is 48.2 Å². The predicted molar refractivity (Wildman–Crippen MR) is 103 cm³/mol. The number of hydrogen-bond acceptors (Lipinski definition) is 5. The van der Waals surface area contributed by atoms with Gasteiger partial charge in [0.25, 0.3) is 5.69 Å². The molecule has 0 aromatic heterocycles. The van der Waals surface area contributed by atoms with E-state index < -0.39 is 4.92 Å². The first-order valence-electron chi connectivity index (χ1n) is 8.30. The van der Waals surface area contributed by atoms with Crippen LogP contribution in [-0.2, 0) is 17.0 Å². The summed E-state index contributed by atoms with van der Waals surface area (Å²) in [4.78, 5) is 29.1. The molecule has 0 saturated carbocycles. The number of benzene rings is 2. The largest absolute Gasteiger partial charge is 0.289 e. The summed E-state index contributed by atoms with van der Waals surface area (Å²) in [7, 11) is 0. The van der Waals surface area contributed by atoms with Gasteiger partial charge in [-0.2, -0.15) is 0 Å². The second-order valence-corrected chi connectivity index (χ2v) is 6.97. The van der Waals surface area contributed by atoms with Crippen LogP contribution in [0.2, 0.25) is 0 Å². The Balaban J connectivity index is 1.61. The quantitative estimate of drug-likeness (QED) is 0.596. The number of rotatable bonds is 5. The summed E-state index contributed by atoms with van der Waals surface area (Å²) in [6, 6.07) is 14.3. The minimum Gasteiger partial charge on any atom is -0.289 e. The van der Waals surface area contributed by atoms with Crippen molar-refractivity contribution in [3.63, 3.8) is 0 Å². The summed E-state index contributed by atoms with van der Waals surface area (Å²) in [6.07, 6.45) is 0.210. The molecule has 0 fully saturated rings. The number of nitro benzene ring substituents is 1. The van der Waals surface area contributed by atoms with Crippen LogP contribution in [0.25, 0.3) is 0 Å². The average Bonchev–Trinajstić information content (AvgIpc) is 3.10. The van der Waals surface area contributed by atoms with Crippen molar-refractivity contribution in [2.24, 2.45) is 4.99 Å². The summed E-state index contributed by atoms with van der Waals surface area (Å²) in [5.74, 6) is 0.736. The molecule has 1 aliphatic rings. The van der Waals surface area contributed by atoms with Crippen molar-refractivity contribution in [3.8, 4) is 0 Å². The Morgan fingerprint density at radius 1 is 1.23 bits per heavy atom. The van der Waals surface area contributed by atoms with Crippen LogP contribution in [0.4, 0.5) is 5.69 Å². The maximum atomic E-state index is 12.6. The topological polar surface area (TPSA) is 75.8 Å². The molecule has 0 atom stereocenters. The molecule has 6 nitrogen and oxygen atoms in total. The Morgan fingerprint density at radius 2 is 1.96 bits per heavy atom. The molecule has 0 N–H and O–H groups in total. The van der Waals surface area contributed by atoms with Crippen LogP contribution in [0.15, 0.2) is 53.5 Å². The molecule has 1 heterocycles. The zero-order chi connectivity index (χ0) is 18.5. The first-order chi connectivity index (χ1) is 12.5. The molecule has 1 amide bonds. The van der Waals surface area contributed by atoms with Gasteiger partial charge in [-0.3, -0.25) is 24.8 Å². The summed E-state index contributed by atoms with van der Waals surface area (Å²) in [5.41, 5.74) is 3.24. The number of amides is 1. The number of carbonyl (C=O) groups is 1. The van der Waals surface area contributed by atoms with Gasteiger partial charge >= 0.3 is 0 Å². The van der Waals surface area contributed by atoms with Crippen LogP contribution in [0.3, 0.4) is 0 Å². The van der Waals surface area contributed by atoms with Gasteiger partial charge in [0.1, 0.15) is 0 Å². The smallest absolute Gasteiger partial charge is 0.269 e. The van der Waals surface area contributed by atoms with Crippen LogP contribution in [0.1, 0.15) is 16.7 Å². The van der Waals surface area contributed by atoms with Gasteiger partial charge in [-0.25, -0.2) is 0 Å². The Hall–Kier alpha value is -2.67. The van der Waals surface area contributed by atoms with Gasteiger partial charge in [0.2, 0.25) is 5.91 Å². The first-order valence-corrected chi connectivity index (χ1v) is 9.28. The summed E-state index contributed by atoms with van der Waals surface area (Å²) in [6.45, 7) is 3.27. The molecule has 1 aliphatic heterocycles. The number of aliphatic imine (C=N–C) groups is 1. The molecule has 2 aromatic rings. The molecule has 0 unspecified atom stereocenters. The van der Waals surface area contributed by atoms with Crippen LogP contribution >= 0.6 is 11.8 Å². The van der Waals surface area contributed by atoms with E-state index in [0.717, 1.165) is 16.5 Å². The maximum absolute atomic E-state index is 12.6. The van der Waals surface area contributed by atoms with E-state index in [9.17, 15) is 14.9 Å². The fourth-order valence-electron chi connectivity index (χ4n) is 2.70. The van der Waals surface area contributed by atoms with Crippen molar-refractivity contribution in [1.82, 2.24) is 4.90 Å². The Kier molecular flexibility index (Phi) is 5.68. The lowest BCUT2D eigenvalue weighted by Crippen LogP contribution is -2.34. The van der Waals surface area contributed by atoms with Crippen molar-refractivity contribution in [3.05, 3.63) is 75.3 Å². The van der Waals surface area contributed by atoms with Crippen molar-refractivity contribution in [1.29, 1.82) is 0 Å². The van der Waals surface area contributed by atoms with Gasteiger partial charge in [0.15, 0.2) is 5.17 Å². The number of non-ortho nitro benzene ring substituents is 1. The molecule has 0 spiro atoms. The Bertz CT molecular complexity index is 849. The van der Waals surface area contributed by atoms with E-state index in [1.807, 2.05) is 12.1 Å². The molecule has 0 radical (unpaired) electrons. The van der Waals surface area contributed by atoms with Crippen molar-refractivity contribution in [2.45, 2.75) is 19.1 Å². The minimum atomic E-state index is -0.445. The molecule has 0 bridgehead atoms. The van der Waals surface area contributed by atoms with E-state index in [1.54, 1.807) is 28.8 Å². The molecule has 26 heavy (non-hydrogen) atoms. The zero-order valence-electron chi connectivity index (χ0n) is 14.4. The number of nitro groups is 1. The monoisotopic (exact) mass is 369 g/mol. The molecular weight excluding hydrogens is 350 g/mol. The lowest BCUT2D eigenvalue weighted by atomic mass is 10.1. The summed E-state index contributed by atoms with van der Waals surface area (Å²) in [5, 5.41) is 11.5. The second kappa shape index (κ2) is 8.14. The third kappa shape index (κ3) is 4.29. The molecule has 7 heteroatoms. The molecular formula is C19H19N3O3S. The summed E-state index contributed by atoms with van der Waals surface area (Å²) >= 11 is 1.57. The number of aryl methyl sites for hydroxylation is 1. The lowest BCUT2D eigenvalue weighted by molar-refractivity contribution is -0.384. The zero-order valence-corrected chi connectivity index (χ0v) is 15.2. The SMILES string of the molecule is Cc1ccccc1CSC1=NCCN1C(=O)Cc1ccc([N+](=O)[O-])cc1. The number of amidine groups is 1. The standard InChI is InChI=1S/C19H19N3O3S/c1-14-4-2-3-5-16(14)13-26-19-20-10-11-21(19)18(23)12-15-6-8-17(9-7-15)22(24)25/h2-9H,10-13H2,1H3. The number of carbonyl (C=O) groups excluding carboxylic acids is 1.